The number of benzene rings is 1. The molecule has 1 aromatic rings. The standard InChI is InChI=1S/C16H20N2O4/c1-10-5-6-13(17-11(2)19)8-14(10)15(20)18-7-3-4-12(9-18)16(21)22/h5-6,8,12H,3-4,7,9H2,1-2H3,(H,17,19)(H,21,22). The molecule has 2 rings (SSSR count). The zero-order chi connectivity index (χ0) is 16.3. The van der Waals surface area contributed by atoms with Crippen LogP contribution in [0.5, 0.6) is 0 Å². The van der Waals surface area contributed by atoms with Crippen molar-refractivity contribution in [1.82, 2.24) is 4.90 Å². The lowest BCUT2D eigenvalue weighted by Crippen LogP contribution is -2.42. The first-order valence-corrected chi connectivity index (χ1v) is 7.29. The average Bonchev–Trinajstić information content (AvgIpc) is 2.48. The molecule has 0 bridgehead atoms. The summed E-state index contributed by atoms with van der Waals surface area (Å²) in [6.07, 6.45) is 1.29. The summed E-state index contributed by atoms with van der Waals surface area (Å²) in [6.45, 7) is 4.03. The topological polar surface area (TPSA) is 86.7 Å². The molecule has 0 aromatic heterocycles. The van der Waals surface area contributed by atoms with Crippen molar-refractivity contribution < 1.29 is 19.5 Å². The second-order valence-corrected chi connectivity index (χ2v) is 5.64. The fraction of sp³-hybridized carbons (Fsp3) is 0.438. The molecule has 0 spiro atoms. The fourth-order valence-electron chi connectivity index (χ4n) is 2.67. The van der Waals surface area contributed by atoms with Crippen LogP contribution in [-0.2, 0) is 9.59 Å². The highest BCUT2D eigenvalue weighted by atomic mass is 16.4. The largest absolute Gasteiger partial charge is 0.481 e. The third-order valence-electron chi connectivity index (χ3n) is 3.85. The van der Waals surface area contributed by atoms with Crippen molar-refractivity contribution in [2.45, 2.75) is 26.7 Å². The van der Waals surface area contributed by atoms with E-state index in [0.717, 1.165) is 5.56 Å². The molecular formula is C16H20N2O4. The predicted molar refractivity (Wildman–Crippen MR) is 81.7 cm³/mol. The normalized spacial score (nSPS) is 17.9. The molecule has 2 N–H and O–H groups in total. The summed E-state index contributed by atoms with van der Waals surface area (Å²) >= 11 is 0. The summed E-state index contributed by atoms with van der Waals surface area (Å²) < 4.78 is 0. The van der Waals surface area contributed by atoms with Gasteiger partial charge in [0.05, 0.1) is 5.92 Å². The summed E-state index contributed by atoms with van der Waals surface area (Å²) in [5, 5.41) is 11.8. The van der Waals surface area contributed by atoms with Crippen LogP contribution < -0.4 is 5.32 Å². The number of carbonyl (C=O) groups excluding carboxylic acids is 2. The van der Waals surface area contributed by atoms with E-state index < -0.39 is 11.9 Å². The van der Waals surface area contributed by atoms with E-state index in [0.29, 0.717) is 30.6 Å². The molecular weight excluding hydrogens is 284 g/mol. The third-order valence-corrected chi connectivity index (χ3v) is 3.85. The van der Waals surface area contributed by atoms with Gasteiger partial charge in [0.1, 0.15) is 0 Å². The highest BCUT2D eigenvalue weighted by Gasteiger charge is 2.29. The van der Waals surface area contributed by atoms with Crippen molar-refractivity contribution >= 4 is 23.5 Å². The molecule has 1 unspecified atom stereocenters. The van der Waals surface area contributed by atoms with E-state index in [1.807, 2.05) is 6.92 Å². The van der Waals surface area contributed by atoms with E-state index in [2.05, 4.69) is 5.32 Å². The maximum atomic E-state index is 12.6. The van der Waals surface area contributed by atoms with Crippen molar-refractivity contribution in [2.75, 3.05) is 18.4 Å². The Morgan fingerprint density at radius 3 is 2.68 bits per heavy atom. The predicted octanol–water partition coefficient (Wildman–Crippen LogP) is 1.89. The smallest absolute Gasteiger partial charge is 0.308 e. The molecule has 1 atom stereocenters. The molecule has 0 radical (unpaired) electrons. The summed E-state index contributed by atoms with van der Waals surface area (Å²) in [6, 6.07) is 5.16. The Labute approximate surface area is 129 Å². The van der Waals surface area contributed by atoms with Crippen molar-refractivity contribution in [3.05, 3.63) is 29.3 Å². The lowest BCUT2D eigenvalue weighted by molar-refractivity contribution is -0.143. The molecule has 1 saturated heterocycles. The summed E-state index contributed by atoms with van der Waals surface area (Å²) in [7, 11) is 0. The molecule has 1 aliphatic heterocycles. The number of amides is 2. The third kappa shape index (κ3) is 3.63. The van der Waals surface area contributed by atoms with Crippen LogP contribution >= 0.6 is 0 Å². The van der Waals surface area contributed by atoms with Crippen LogP contribution in [0.1, 0.15) is 35.7 Å². The minimum atomic E-state index is -0.860. The fourth-order valence-corrected chi connectivity index (χ4v) is 2.67. The molecule has 6 nitrogen and oxygen atoms in total. The maximum Gasteiger partial charge on any atom is 0.308 e. The second-order valence-electron chi connectivity index (χ2n) is 5.64. The van der Waals surface area contributed by atoms with Crippen molar-refractivity contribution in [3.63, 3.8) is 0 Å². The average molecular weight is 304 g/mol. The van der Waals surface area contributed by atoms with Gasteiger partial charge in [-0.2, -0.15) is 0 Å². The number of aryl methyl sites for hydroxylation is 1. The van der Waals surface area contributed by atoms with Crippen LogP contribution in [0.25, 0.3) is 0 Å². The molecule has 1 fully saturated rings. The minimum absolute atomic E-state index is 0.185. The maximum absolute atomic E-state index is 12.6. The van der Waals surface area contributed by atoms with E-state index >= 15 is 0 Å². The summed E-state index contributed by atoms with van der Waals surface area (Å²) in [4.78, 5) is 36.5. The van der Waals surface area contributed by atoms with Gasteiger partial charge in [-0.05, 0) is 37.5 Å². The number of carboxylic acid groups (broad SMARTS) is 1. The highest BCUT2D eigenvalue weighted by molar-refractivity contribution is 5.98. The molecule has 22 heavy (non-hydrogen) atoms. The number of anilines is 1. The Balaban J connectivity index is 2.21. The minimum Gasteiger partial charge on any atom is -0.481 e. The Hall–Kier alpha value is -2.37. The van der Waals surface area contributed by atoms with Gasteiger partial charge in [0, 0.05) is 31.3 Å². The second kappa shape index (κ2) is 6.60. The Morgan fingerprint density at radius 1 is 1.32 bits per heavy atom. The van der Waals surface area contributed by atoms with E-state index in [-0.39, 0.29) is 18.4 Å². The monoisotopic (exact) mass is 304 g/mol. The van der Waals surface area contributed by atoms with Crippen molar-refractivity contribution in [2.24, 2.45) is 5.92 Å². The van der Waals surface area contributed by atoms with E-state index in [9.17, 15) is 14.4 Å². The lowest BCUT2D eigenvalue weighted by Gasteiger charge is -2.31. The number of aliphatic carboxylic acids is 1. The van der Waals surface area contributed by atoms with Crippen molar-refractivity contribution in [3.8, 4) is 0 Å². The zero-order valence-electron chi connectivity index (χ0n) is 12.8. The molecule has 2 amide bonds. The van der Waals surface area contributed by atoms with Gasteiger partial charge >= 0.3 is 5.97 Å². The Bertz CT molecular complexity index is 612. The van der Waals surface area contributed by atoms with E-state index in [4.69, 9.17) is 5.11 Å². The molecule has 1 heterocycles. The molecule has 0 saturated carbocycles. The molecule has 118 valence electrons. The molecule has 6 heteroatoms. The molecule has 1 aromatic carbocycles. The van der Waals surface area contributed by atoms with Crippen LogP contribution in [0, 0.1) is 12.8 Å². The number of rotatable bonds is 3. The highest BCUT2D eigenvalue weighted by Crippen LogP contribution is 2.22. The quantitative estimate of drug-likeness (QED) is 0.892. The molecule has 1 aliphatic rings. The Morgan fingerprint density at radius 2 is 2.05 bits per heavy atom. The number of nitrogens with zero attached hydrogens (tertiary/aromatic N) is 1. The number of piperidine rings is 1. The first-order valence-electron chi connectivity index (χ1n) is 7.29. The number of hydrogen-bond donors (Lipinski definition) is 2. The zero-order valence-corrected chi connectivity index (χ0v) is 12.8. The van der Waals surface area contributed by atoms with Gasteiger partial charge in [-0.1, -0.05) is 6.07 Å². The molecule has 0 aliphatic carbocycles. The first-order chi connectivity index (χ1) is 10.4. The summed E-state index contributed by atoms with van der Waals surface area (Å²) in [5.74, 6) is -1.75. The summed E-state index contributed by atoms with van der Waals surface area (Å²) in [5.41, 5.74) is 1.86. The van der Waals surface area contributed by atoms with Gasteiger partial charge in [-0.15, -0.1) is 0 Å². The van der Waals surface area contributed by atoms with Gasteiger partial charge in [-0.3, -0.25) is 14.4 Å². The van der Waals surface area contributed by atoms with Gasteiger partial charge < -0.3 is 15.3 Å². The number of hydrogen-bond acceptors (Lipinski definition) is 3. The number of nitrogens with one attached hydrogen (secondary N) is 1. The van der Waals surface area contributed by atoms with Gasteiger partial charge in [0.25, 0.3) is 5.91 Å². The van der Waals surface area contributed by atoms with Crippen LogP contribution in [0.3, 0.4) is 0 Å². The van der Waals surface area contributed by atoms with Crippen LogP contribution in [-0.4, -0.2) is 40.9 Å². The number of carboxylic acids is 1. The van der Waals surface area contributed by atoms with Gasteiger partial charge in [0.2, 0.25) is 5.91 Å². The van der Waals surface area contributed by atoms with Gasteiger partial charge in [0.15, 0.2) is 0 Å². The van der Waals surface area contributed by atoms with Crippen molar-refractivity contribution in [1.29, 1.82) is 0 Å². The lowest BCUT2D eigenvalue weighted by atomic mass is 9.97. The Kier molecular flexibility index (Phi) is 4.80. The number of carbonyl (C=O) groups is 3. The van der Waals surface area contributed by atoms with Crippen LogP contribution in [0.4, 0.5) is 5.69 Å². The SMILES string of the molecule is CC(=O)Nc1ccc(C)c(C(=O)N2CCCC(C(=O)O)C2)c1. The van der Waals surface area contributed by atoms with E-state index in [1.165, 1.54) is 6.92 Å². The number of likely N-dealkylation sites (tertiary alicyclic amines) is 1. The van der Waals surface area contributed by atoms with Crippen LogP contribution in [0.15, 0.2) is 18.2 Å². The van der Waals surface area contributed by atoms with Gasteiger partial charge in [-0.25, -0.2) is 0 Å². The van der Waals surface area contributed by atoms with Crippen LogP contribution in [0.2, 0.25) is 0 Å². The first kappa shape index (κ1) is 16.0. The van der Waals surface area contributed by atoms with E-state index in [1.54, 1.807) is 23.1 Å².